The van der Waals surface area contributed by atoms with Gasteiger partial charge in [0.25, 0.3) is 0 Å². The second kappa shape index (κ2) is 6.91. The highest BCUT2D eigenvalue weighted by Crippen LogP contribution is 2.19. The van der Waals surface area contributed by atoms with Crippen LogP contribution in [0.3, 0.4) is 0 Å². The van der Waals surface area contributed by atoms with Gasteiger partial charge in [0.05, 0.1) is 0 Å². The lowest BCUT2D eigenvalue weighted by Gasteiger charge is -2.00. The predicted octanol–water partition coefficient (Wildman–Crippen LogP) is 2.66. The zero-order valence-corrected chi connectivity index (χ0v) is 7.23. The van der Waals surface area contributed by atoms with Crippen LogP contribution >= 0.6 is 34.1 Å². The summed E-state index contributed by atoms with van der Waals surface area (Å²) >= 11 is 0. The molecule has 0 saturated heterocycles. The van der Waals surface area contributed by atoms with Crippen molar-refractivity contribution in [3.63, 3.8) is 0 Å². The summed E-state index contributed by atoms with van der Waals surface area (Å²) in [4.78, 5) is 0. The molecule has 0 fully saturated rings. The molecule has 0 bridgehead atoms. The van der Waals surface area contributed by atoms with E-state index < -0.39 is 12.6 Å². The lowest BCUT2D eigenvalue weighted by Crippen LogP contribution is -2.06. The third-order valence-electron chi connectivity index (χ3n) is 0.428. The van der Waals surface area contributed by atoms with Gasteiger partial charge >= 0.3 is 6.18 Å². The number of rotatable bonds is 1. The molecular formula is C3H8Cl2F3P. The van der Waals surface area contributed by atoms with Crippen molar-refractivity contribution in [1.82, 2.24) is 0 Å². The van der Waals surface area contributed by atoms with E-state index in [9.17, 15) is 13.2 Å². The Kier molecular flexibility index (Phi) is 12.6. The first kappa shape index (κ1) is 16.4. The monoisotopic (exact) mass is 202 g/mol. The summed E-state index contributed by atoms with van der Waals surface area (Å²) in [6.07, 6.45) is -4.57. The molecule has 0 spiro atoms. The molecule has 0 aliphatic heterocycles. The quantitative estimate of drug-likeness (QED) is 0.574. The number of hydrogen-bond donors (Lipinski definition) is 0. The van der Waals surface area contributed by atoms with Crippen molar-refractivity contribution in [2.24, 2.45) is 0 Å². The smallest absolute Gasteiger partial charge is 0.171 e. The Bertz CT molecular complexity index is 55.5. The topological polar surface area (TPSA) is 0 Å². The standard InChI is InChI=1S/C3H6F3P.2ClH/c4-3(5,6)1-2-7;;/h1-2,7H2;2*1H. The maximum atomic E-state index is 11.0. The van der Waals surface area contributed by atoms with Gasteiger partial charge in [-0.25, -0.2) is 0 Å². The van der Waals surface area contributed by atoms with Crippen molar-refractivity contribution in [2.75, 3.05) is 6.16 Å². The zero-order chi connectivity index (χ0) is 5.91. The predicted molar refractivity (Wildman–Crippen MR) is 39.7 cm³/mol. The first-order valence-corrected chi connectivity index (χ1v) is 2.65. The maximum Gasteiger partial charge on any atom is 0.389 e. The van der Waals surface area contributed by atoms with Gasteiger partial charge in [0, 0.05) is 6.42 Å². The van der Waals surface area contributed by atoms with Crippen molar-refractivity contribution >= 4 is 34.1 Å². The molecule has 0 aromatic heterocycles. The molecule has 0 rings (SSSR count). The molecule has 0 amide bonds. The van der Waals surface area contributed by atoms with Gasteiger partial charge in [0.2, 0.25) is 0 Å². The Labute approximate surface area is 66.6 Å². The third-order valence-corrected chi connectivity index (χ3v) is 0.716. The molecule has 0 radical (unpaired) electrons. The van der Waals surface area contributed by atoms with Gasteiger partial charge < -0.3 is 0 Å². The van der Waals surface area contributed by atoms with Gasteiger partial charge in [0.15, 0.2) is 0 Å². The van der Waals surface area contributed by atoms with Crippen LogP contribution in [0.4, 0.5) is 13.2 Å². The minimum Gasteiger partial charge on any atom is -0.171 e. The van der Waals surface area contributed by atoms with E-state index in [1.165, 1.54) is 0 Å². The van der Waals surface area contributed by atoms with Gasteiger partial charge in [-0.3, -0.25) is 0 Å². The van der Waals surface area contributed by atoms with Crippen LogP contribution in [0.25, 0.3) is 0 Å². The largest absolute Gasteiger partial charge is 0.389 e. The molecule has 9 heavy (non-hydrogen) atoms. The fraction of sp³-hybridized carbons (Fsp3) is 1.00. The minimum atomic E-state index is -3.97. The van der Waals surface area contributed by atoms with Gasteiger partial charge in [-0.2, -0.15) is 13.2 Å². The Balaban J connectivity index is -0.000000180. The molecule has 0 nitrogen and oxygen atoms in total. The summed E-state index contributed by atoms with van der Waals surface area (Å²) in [5.74, 6) is 0. The molecule has 0 aliphatic carbocycles. The number of hydrogen-bond acceptors (Lipinski definition) is 0. The summed E-state index contributed by atoms with van der Waals surface area (Å²) in [6.45, 7) is 0. The molecule has 1 unspecified atom stereocenters. The molecular weight excluding hydrogens is 195 g/mol. The van der Waals surface area contributed by atoms with Crippen molar-refractivity contribution < 1.29 is 13.2 Å². The summed E-state index contributed by atoms with van der Waals surface area (Å²) < 4.78 is 33.1. The Morgan fingerprint density at radius 3 is 1.44 bits per heavy atom. The van der Waals surface area contributed by atoms with Gasteiger partial charge in [-0.1, -0.05) is 0 Å². The zero-order valence-electron chi connectivity index (χ0n) is 4.44. The second-order valence-corrected chi connectivity index (χ2v) is 1.73. The van der Waals surface area contributed by atoms with E-state index >= 15 is 0 Å². The maximum absolute atomic E-state index is 11.0. The van der Waals surface area contributed by atoms with Crippen molar-refractivity contribution in [3.8, 4) is 0 Å². The minimum absolute atomic E-state index is 0. The van der Waals surface area contributed by atoms with Crippen LogP contribution in [-0.4, -0.2) is 12.3 Å². The van der Waals surface area contributed by atoms with Gasteiger partial charge in [-0.05, 0) is 6.16 Å². The van der Waals surface area contributed by atoms with E-state index in [0.29, 0.717) is 0 Å². The van der Waals surface area contributed by atoms with Crippen LogP contribution in [0.15, 0.2) is 0 Å². The average molecular weight is 203 g/mol. The molecule has 0 aliphatic rings. The highest BCUT2D eigenvalue weighted by molar-refractivity contribution is 7.16. The van der Waals surface area contributed by atoms with E-state index in [1.807, 2.05) is 9.24 Å². The van der Waals surface area contributed by atoms with Crippen LogP contribution in [0.2, 0.25) is 0 Å². The first-order valence-electron chi connectivity index (χ1n) is 1.83. The number of halogens is 5. The van der Waals surface area contributed by atoms with Crippen LogP contribution in [0.1, 0.15) is 6.42 Å². The van der Waals surface area contributed by atoms with E-state index in [1.54, 1.807) is 0 Å². The van der Waals surface area contributed by atoms with Crippen LogP contribution in [0, 0.1) is 0 Å². The van der Waals surface area contributed by atoms with Crippen LogP contribution < -0.4 is 0 Å². The van der Waals surface area contributed by atoms with Crippen molar-refractivity contribution in [1.29, 1.82) is 0 Å². The average Bonchev–Trinajstić information content (AvgIpc) is 1.30. The Morgan fingerprint density at radius 1 is 1.11 bits per heavy atom. The van der Waals surface area contributed by atoms with E-state index in [4.69, 9.17) is 0 Å². The lowest BCUT2D eigenvalue weighted by molar-refractivity contribution is -0.129. The van der Waals surface area contributed by atoms with Gasteiger partial charge in [-0.15, -0.1) is 34.1 Å². The first-order chi connectivity index (χ1) is 3.06. The van der Waals surface area contributed by atoms with E-state index in [-0.39, 0.29) is 31.0 Å². The summed E-state index contributed by atoms with van der Waals surface area (Å²) in [6, 6.07) is 0. The van der Waals surface area contributed by atoms with Crippen molar-refractivity contribution in [3.05, 3.63) is 0 Å². The molecule has 0 aromatic carbocycles. The molecule has 0 aromatic rings. The summed E-state index contributed by atoms with van der Waals surface area (Å²) in [5.41, 5.74) is 0. The molecule has 0 saturated carbocycles. The second-order valence-electron chi connectivity index (χ2n) is 1.15. The van der Waals surface area contributed by atoms with Crippen molar-refractivity contribution in [2.45, 2.75) is 12.6 Å². The SMILES string of the molecule is Cl.Cl.FC(F)(F)CCP. The molecule has 60 valence electrons. The fourth-order valence-corrected chi connectivity index (χ4v) is 0.491. The summed E-state index contributed by atoms with van der Waals surface area (Å²) in [7, 11) is 2.02. The Morgan fingerprint density at radius 2 is 1.44 bits per heavy atom. The van der Waals surface area contributed by atoms with Crippen LogP contribution in [0.5, 0.6) is 0 Å². The normalized spacial score (nSPS) is 9.33. The van der Waals surface area contributed by atoms with Gasteiger partial charge in [0.1, 0.15) is 0 Å². The van der Waals surface area contributed by atoms with E-state index in [2.05, 4.69) is 0 Å². The lowest BCUT2D eigenvalue weighted by atomic mass is 10.5. The third kappa shape index (κ3) is 17.7. The van der Waals surface area contributed by atoms with E-state index in [0.717, 1.165) is 0 Å². The highest BCUT2D eigenvalue weighted by atomic mass is 35.5. The molecule has 0 heterocycles. The van der Waals surface area contributed by atoms with Crippen LogP contribution in [-0.2, 0) is 0 Å². The number of alkyl halides is 3. The Hall–Kier alpha value is 0.800. The highest BCUT2D eigenvalue weighted by Gasteiger charge is 2.24. The fourth-order valence-electron chi connectivity index (χ4n) is 0.164. The molecule has 6 heteroatoms. The molecule has 1 atom stereocenters. The summed E-state index contributed by atoms with van der Waals surface area (Å²) in [5, 5.41) is 0. The molecule has 0 N–H and O–H groups in total.